The minimum atomic E-state index is -4.49. The summed E-state index contributed by atoms with van der Waals surface area (Å²) in [6.45, 7) is 0. The number of rotatable bonds is 2. The summed E-state index contributed by atoms with van der Waals surface area (Å²) in [7, 11) is 0. The molecular weight excluding hydrogens is 269 g/mol. The largest absolute Gasteiger partial charge is 0.461 e. The Morgan fingerprint density at radius 1 is 0.850 bits per heavy atom. The van der Waals surface area contributed by atoms with E-state index < -0.39 is 11.7 Å². The molecule has 2 nitrogen and oxygen atoms in total. The Hall–Kier alpha value is -2.43. The van der Waals surface area contributed by atoms with Gasteiger partial charge in [-0.15, -0.1) is 0 Å². The zero-order valence-electron chi connectivity index (χ0n) is 10.1. The number of hydrogen-bond donors (Lipinski definition) is 0. The second-order valence-corrected chi connectivity index (χ2v) is 4.19. The van der Waals surface area contributed by atoms with Crippen molar-refractivity contribution in [1.29, 1.82) is 0 Å². The molecule has 102 valence electrons. The van der Waals surface area contributed by atoms with Crippen molar-refractivity contribution in [3.63, 3.8) is 0 Å². The molecule has 0 amide bonds. The van der Waals surface area contributed by atoms with Gasteiger partial charge in [0.2, 0.25) is 0 Å². The van der Waals surface area contributed by atoms with Crippen LogP contribution in [0.25, 0.3) is 22.8 Å². The van der Waals surface area contributed by atoms with E-state index in [1.807, 2.05) is 0 Å². The van der Waals surface area contributed by atoms with E-state index >= 15 is 0 Å². The molecule has 20 heavy (non-hydrogen) atoms. The first-order valence-corrected chi connectivity index (χ1v) is 5.86. The lowest BCUT2D eigenvalue weighted by Crippen LogP contribution is -2.04. The van der Waals surface area contributed by atoms with E-state index in [0.717, 1.165) is 6.07 Å². The summed E-state index contributed by atoms with van der Waals surface area (Å²) in [5, 5.41) is 0. The van der Waals surface area contributed by atoms with Crippen LogP contribution < -0.4 is 0 Å². The molecule has 0 aliphatic heterocycles. The second-order valence-electron chi connectivity index (χ2n) is 4.19. The highest BCUT2D eigenvalue weighted by atomic mass is 19.4. The summed E-state index contributed by atoms with van der Waals surface area (Å²) < 4.78 is 49.7. The number of hydrogen-bond acceptors (Lipinski definition) is 2. The van der Waals surface area contributed by atoms with Gasteiger partial charge in [0, 0.05) is 11.6 Å². The van der Waals surface area contributed by atoms with Crippen molar-refractivity contribution in [2.75, 3.05) is 0 Å². The van der Waals surface area contributed by atoms with Crippen LogP contribution in [0.15, 0.2) is 63.6 Å². The first-order chi connectivity index (χ1) is 9.55. The molecule has 3 aromatic rings. The predicted molar refractivity (Wildman–Crippen MR) is 66.8 cm³/mol. The Labute approximate surface area is 112 Å². The number of furan rings is 2. The van der Waals surface area contributed by atoms with Gasteiger partial charge in [0.05, 0.1) is 6.26 Å². The van der Waals surface area contributed by atoms with Crippen LogP contribution in [0.5, 0.6) is 0 Å². The van der Waals surface area contributed by atoms with Crippen molar-refractivity contribution in [2.45, 2.75) is 6.18 Å². The zero-order chi connectivity index (χ0) is 14.2. The molecule has 0 unspecified atom stereocenters. The first-order valence-electron chi connectivity index (χ1n) is 5.86. The Kier molecular flexibility index (Phi) is 2.89. The molecular formula is C15H9F3O2. The fourth-order valence-electron chi connectivity index (χ4n) is 1.95. The van der Waals surface area contributed by atoms with Crippen molar-refractivity contribution >= 4 is 0 Å². The van der Waals surface area contributed by atoms with E-state index in [-0.39, 0.29) is 17.3 Å². The average molecular weight is 278 g/mol. The summed E-state index contributed by atoms with van der Waals surface area (Å²) in [5.74, 6) is 0.114. The van der Waals surface area contributed by atoms with Crippen LogP contribution in [0, 0.1) is 0 Å². The topological polar surface area (TPSA) is 26.3 Å². The van der Waals surface area contributed by atoms with Gasteiger partial charge < -0.3 is 8.83 Å². The van der Waals surface area contributed by atoms with Gasteiger partial charge in [-0.25, -0.2) is 0 Å². The van der Waals surface area contributed by atoms with Crippen molar-refractivity contribution < 1.29 is 22.0 Å². The van der Waals surface area contributed by atoms with Gasteiger partial charge in [-0.2, -0.15) is 13.2 Å². The monoisotopic (exact) mass is 278 g/mol. The SMILES string of the molecule is FC(F)(F)c1cc(-c2ccco2)oc1-c1ccccc1. The third kappa shape index (κ3) is 2.22. The third-order valence-corrected chi connectivity index (χ3v) is 2.84. The highest BCUT2D eigenvalue weighted by Gasteiger charge is 2.37. The van der Waals surface area contributed by atoms with E-state index in [0.29, 0.717) is 5.56 Å². The lowest BCUT2D eigenvalue weighted by molar-refractivity contribution is -0.137. The zero-order valence-corrected chi connectivity index (χ0v) is 10.1. The van der Waals surface area contributed by atoms with Gasteiger partial charge in [-0.05, 0) is 12.1 Å². The van der Waals surface area contributed by atoms with E-state index in [9.17, 15) is 13.2 Å². The quantitative estimate of drug-likeness (QED) is 0.642. The van der Waals surface area contributed by atoms with E-state index in [1.54, 1.807) is 42.5 Å². The van der Waals surface area contributed by atoms with Crippen molar-refractivity contribution in [1.82, 2.24) is 0 Å². The second kappa shape index (κ2) is 4.59. The Morgan fingerprint density at radius 2 is 1.60 bits per heavy atom. The lowest BCUT2D eigenvalue weighted by atomic mass is 10.1. The van der Waals surface area contributed by atoms with Crippen LogP contribution in [0.3, 0.4) is 0 Å². The summed E-state index contributed by atoms with van der Waals surface area (Å²) in [5.41, 5.74) is -0.437. The van der Waals surface area contributed by atoms with Crippen molar-refractivity contribution in [3.05, 3.63) is 60.4 Å². The molecule has 0 saturated carbocycles. The van der Waals surface area contributed by atoms with Gasteiger partial charge in [0.25, 0.3) is 0 Å². The maximum atomic E-state index is 13.1. The van der Waals surface area contributed by atoms with Crippen LogP contribution in [-0.4, -0.2) is 0 Å². The van der Waals surface area contributed by atoms with Gasteiger partial charge in [0.15, 0.2) is 11.5 Å². The highest BCUT2D eigenvalue weighted by molar-refractivity contribution is 5.67. The molecule has 0 N–H and O–H groups in total. The fraction of sp³-hybridized carbons (Fsp3) is 0.0667. The van der Waals surface area contributed by atoms with Crippen LogP contribution in [0.1, 0.15) is 5.56 Å². The number of alkyl halides is 3. The predicted octanol–water partition coefficient (Wildman–Crippen LogP) is 5.23. The summed E-state index contributed by atoms with van der Waals surface area (Å²) in [6, 6.07) is 12.3. The molecule has 0 radical (unpaired) electrons. The molecule has 0 spiro atoms. The Bertz CT molecular complexity index is 695. The number of halogens is 3. The van der Waals surface area contributed by atoms with Crippen LogP contribution in [-0.2, 0) is 6.18 Å². The maximum absolute atomic E-state index is 13.1. The molecule has 3 rings (SSSR count). The molecule has 0 fully saturated rings. The molecule has 2 heterocycles. The van der Waals surface area contributed by atoms with Gasteiger partial charge in [-0.1, -0.05) is 30.3 Å². The van der Waals surface area contributed by atoms with Crippen LogP contribution in [0.4, 0.5) is 13.2 Å². The summed E-state index contributed by atoms with van der Waals surface area (Å²) in [6.07, 6.45) is -3.10. The smallest absolute Gasteiger partial charge is 0.420 e. The van der Waals surface area contributed by atoms with E-state index in [4.69, 9.17) is 8.83 Å². The van der Waals surface area contributed by atoms with Gasteiger partial charge in [-0.3, -0.25) is 0 Å². The Morgan fingerprint density at radius 3 is 2.20 bits per heavy atom. The van der Waals surface area contributed by atoms with Crippen molar-refractivity contribution in [2.24, 2.45) is 0 Å². The minimum absolute atomic E-state index is 0.0566. The Balaban J connectivity index is 2.18. The van der Waals surface area contributed by atoms with E-state index in [2.05, 4.69) is 0 Å². The molecule has 0 atom stereocenters. The molecule has 2 aromatic heterocycles. The first kappa shape index (κ1) is 12.6. The molecule has 0 saturated heterocycles. The number of benzene rings is 1. The normalized spacial score (nSPS) is 11.8. The van der Waals surface area contributed by atoms with Crippen LogP contribution >= 0.6 is 0 Å². The standard InChI is InChI=1S/C15H9F3O2/c16-15(17,18)11-9-13(12-7-4-8-19-12)20-14(11)10-5-2-1-3-6-10/h1-9H. The average Bonchev–Trinajstić information content (AvgIpc) is 3.08. The van der Waals surface area contributed by atoms with E-state index in [1.165, 1.54) is 6.26 Å². The third-order valence-electron chi connectivity index (χ3n) is 2.84. The van der Waals surface area contributed by atoms with Gasteiger partial charge in [0.1, 0.15) is 11.3 Å². The lowest BCUT2D eigenvalue weighted by Gasteiger charge is -2.05. The maximum Gasteiger partial charge on any atom is 0.420 e. The highest BCUT2D eigenvalue weighted by Crippen LogP contribution is 2.41. The molecule has 0 aliphatic rings. The summed E-state index contributed by atoms with van der Waals surface area (Å²) in [4.78, 5) is 0. The fourth-order valence-corrected chi connectivity index (χ4v) is 1.95. The summed E-state index contributed by atoms with van der Waals surface area (Å²) >= 11 is 0. The minimum Gasteiger partial charge on any atom is -0.461 e. The van der Waals surface area contributed by atoms with Gasteiger partial charge >= 0.3 is 6.18 Å². The molecule has 5 heteroatoms. The molecule has 0 bridgehead atoms. The molecule has 1 aromatic carbocycles. The molecule has 0 aliphatic carbocycles. The van der Waals surface area contributed by atoms with Crippen LogP contribution in [0.2, 0.25) is 0 Å². The van der Waals surface area contributed by atoms with Crippen molar-refractivity contribution in [3.8, 4) is 22.8 Å².